The zero-order chi connectivity index (χ0) is 19.6. The van der Waals surface area contributed by atoms with Crippen LogP contribution < -0.4 is 5.32 Å². The summed E-state index contributed by atoms with van der Waals surface area (Å²) >= 11 is 5.96. The highest BCUT2D eigenvalue weighted by atomic mass is 35.5. The molecule has 1 N–H and O–H groups in total. The maximum Gasteiger partial charge on any atom is 0.243 e. The van der Waals surface area contributed by atoms with Crippen LogP contribution in [0.25, 0.3) is 0 Å². The third-order valence-electron chi connectivity index (χ3n) is 4.36. The number of nitrogens with one attached hydrogen (secondary N) is 1. The number of hydrogen-bond acceptors (Lipinski definition) is 6. The Morgan fingerprint density at radius 3 is 2.56 bits per heavy atom. The van der Waals surface area contributed by atoms with E-state index in [1.54, 1.807) is 32.0 Å². The molecule has 2 heterocycles. The molecule has 0 spiro atoms. The Hall–Kier alpha value is -1.94. The summed E-state index contributed by atoms with van der Waals surface area (Å²) in [5.41, 5.74) is 0.657. The van der Waals surface area contributed by atoms with Gasteiger partial charge in [-0.25, -0.2) is 8.42 Å². The number of sulfonamides is 1. The predicted molar refractivity (Wildman–Crippen MR) is 101 cm³/mol. The van der Waals surface area contributed by atoms with E-state index in [9.17, 15) is 13.2 Å². The summed E-state index contributed by atoms with van der Waals surface area (Å²) < 4.78 is 32.1. The fourth-order valence-electron chi connectivity index (χ4n) is 2.93. The average molecular weight is 413 g/mol. The van der Waals surface area contributed by atoms with Gasteiger partial charge >= 0.3 is 0 Å². The standard InChI is InChI=1S/C17H21ClN4O4S/c1-12-3-4-14(18)10-15(12)27(24,25)22-7-5-21(6-8-22)11-17(23)19-16-9-13(2)26-20-16/h3-4,9-10H,5-8,11H2,1-2H3,(H,19,20,23). The number of rotatable bonds is 5. The lowest BCUT2D eigenvalue weighted by Gasteiger charge is -2.33. The van der Waals surface area contributed by atoms with Crippen molar-refractivity contribution < 1.29 is 17.7 Å². The third-order valence-corrected chi connectivity index (χ3v) is 6.64. The first-order chi connectivity index (χ1) is 12.8. The van der Waals surface area contributed by atoms with Gasteiger partial charge in [-0.15, -0.1) is 0 Å². The van der Waals surface area contributed by atoms with Crippen LogP contribution in [0.3, 0.4) is 0 Å². The number of amides is 1. The van der Waals surface area contributed by atoms with Crippen molar-refractivity contribution in [3.05, 3.63) is 40.6 Å². The van der Waals surface area contributed by atoms with Crippen molar-refractivity contribution in [1.82, 2.24) is 14.4 Å². The van der Waals surface area contributed by atoms with Gasteiger partial charge in [-0.3, -0.25) is 9.69 Å². The molecule has 0 saturated carbocycles. The summed E-state index contributed by atoms with van der Waals surface area (Å²) in [7, 11) is -3.61. The monoisotopic (exact) mass is 412 g/mol. The fourth-order valence-corrected chi connectivity index (χ4v) is 4.84. The van der Waals surface area contributed by atoms with E-state index in [0.717, 1.165) is 0 Å². The molecule has 0 unspecified atom stereocenters. The van der Waals surface area contributed by atoms with Gasteiger partial charge in [0.05, 0.1) is 11.4 Å². The van der Waals surface area contributed by atoms with E-state index in [1.807, 2.05) is 4.90 Å². The summed E-state index contributed by atoms with van der Waals surface area (Å²) in [6.45, 7) is 5.19. The Morgan fingerprint density at radius 1 is 1.22 bits per heavy atom. The second-order valence-electron chi connectivity index (χ2n) is 6.46. The number of aromatic nitrogens is 1. The average Bonchev–Trinajstić information content (AvgIpc) is 3.02. The summed E-state index contributed by atoms with van der Waals surface area (Å²) in [6.07, 6.45) is 0. The van der Waals surface area contributed by atoms with Crippen molar-refractivity contribution in [2.75, 3.05) is 38.0 Å². The first-order valence-electron chi connectivity index (χ1n) is 8.47. The van der Waals surface area contributed by atoms with E-state index in [0.29, 0.717) is 48.3 Å². The molecular weight excluding hydrogens is 392 g/mol. The van der Waals surface area contributed by atoms with Crippen LogP contribution in [-0.2, 0) is 14.8 Å². The van der Waals surface area contributed by atoms with Crippen molar-refractivity contribution in [3.63, 3.8) is 0 Å². The number of carbonyl (C=O) groups excluding carboxylic acids is 1. The SMILES string of the molecule is Cc1cc(NC(=O)CN2CCN(S(=O)(=O)c3cc(Cl)ccc3C)CC2)no1. The van der Waals surface area contributed by atoms with Crippen LogP contribution in [0.2, 0.25) is 5.02 Å². The minimum absolute atomic E-state index is 0.163. The molecule has 146 valence electrons. The van der Waals surface area contributed by atoms with Gasteiger partial charge in [0.1, 0.15) is 5.76 Å². The summed E-state index contributed by atoms with van der Waals surface area (Å²) in [6, 6.07) is 6.48. The van der Waals surface area contributed by atoms with Crippen LogP contribution in [-0.4, -0.2) is 61.4 Å². The summed E-state index contributed by atoms with van der Waals surface area (Å²) in [5.74, 6) is 0.765. The second kappa shape index (κ2) is 7.97. The van der Waals surface area contributed by atoms with Gasteiger partial charge < -0.3 is 9.84 Å². The number of hydrogen-bond donors (Lipinski definition) is 1. The highest BCUT2D eigenvalue weighted by molar-refractivity contribution is 7.89. The van der Waals surface area contributed by atoms with E-state index >= 15 is 0 Å². The maximum absolute atomic E-state index is 12.9. The molecule has 2 aromatic rings. The maximum atomic E-state index is 12.9. The lowest BCUT2D eigenvalue weighted by molar-refractivity contribution is -0.117. The summed E-state index contributed by atoms with van der Waals surface area (Å²) in [5, 5.41) is 6.76. The van der Waals surface area contributed by atoms with Crippen LogP contribution in [0.1, 0.15) is 11.3 Å². The number of aryl methyl sites for hydroxylation is 2. The Kier molecular flexibility index (Phi) is 5.85. The minimum Gasteiger partial charge on any atom is -0.360 e. The number of halogens is 1. The van der Waals surface area contributed by atoms with Gasteiger partial charge in [-0.1, -0.05) is 22.8 Å². The zero-order valence-corrected chi connectivity index (χ0v) is 16.7. The van der Waals surface area contributed by atoms with Gasteiger partial charge in [-0.05, 0) is 31.5 Å². The third kappa shape index (κ3) is 4.67. The van der Waals surface area contributed by atoms with Crippen LogP contribution in [0, 0.1) is 13.8 Å². The van der Waals surface area contributed by atoms with Crippen molar-refractivity contribution in [2.45, 2.75) is 18.7 Å². The van der Waals surface area contributed by atoms with E-state index in [4.69, 9.17) is 16.1 Å². The number of benzene rings is 1. The zero-order valence-electron chi connectivity index (χ0n) is 15.1. The molecule has 1 amide bonds. The Bertz CT molecular complexity index is 936. The van der Waals surface area contributed by atoms with Crippen molar-refractivity contribution in [2.24, 2.45) is 0 Å². The normalized spacial score (nSPS) is 16.4. The topological polar surface area (TPSA) is 95.8 Å². The number of piperazine rings is 1. The molecular formula is C17H21ClN4O4S. The fraction of sp³-hybridized carbons (Fsp3) is 0.412. The highest BCUT2D eigenvalue weighted by Crippen LogP contribution is 2.24. The Labute approximate surface area is 163 Å². The van der Waals surface area contributed by atoms with Gasteiger partial charge in [0.2, 0.25) is 15.9 Å². The molecule has 0 aliphatic carbocycles. The van der Waals surface area contributed by atoms with E-state index in [-0.39, 0.29) is 17.3 Å². The van der Waals surface area contributed by atoms with Crippen LogP contribution >= 0.6 is 11.6 Å². The number of anilines is 1. The second-order valence-corrected chi connectivity index (χ2v) is 8.80. The number of carbonyl (C=O) groups is 1. The molecule has 1 fully saturated rings. The van der Waals surface area contributed by atoms with Gasteiger partial charge in [0.25, 0.3) is 0 Å². The molecule has 1 aliphatic rings. The first kappa shape index (κ1) is 19.8. The van der Waals surface area contributed by atoms with Crippen LogP contribution in [0.15, 0.2) is 33.7 Å². The molecule has 1 aromatic carbocycles. The Morgan fingerprint density at radius 2 is 1.93 bits per heavy atom. The highest BCUT2D eigenvalue weighted by Gasteiger charge is 2.30. The predicted octanol–water partition coefficient (Wildman–Crippen LogP) is 1.89. The number of nitrogens with zero attached hydrogens (tertiary/aromatic N) is 3. The van der Waals surface area contributed by atoms with Crippen LogP contribution in [0.5, 0.6) is 0 Å². The molecule has 1 saturated heterocycles. The molecule has 10 heteroatoms. The van der Waals surface area contributed by atoms with E-state index < -0.39 is 10.0 Å². The van der Waals surface area contributed by atoms with Crippen molar-refractivity contribution in [3.8, 4) is 0 Å². The smallest absolute Gasteiger partial charge is 0.243 e. The van der Waals surface area contributed by atoms with Crippen molar-refractivity contribution in [1.29, 1.82) is 0 Å². The van der Waals surface area contributed by atoms with E-state index in [1.165, 1.54) is 10.4 Å². The lowest BCUT2D eigenvalue weighted by atomic mass is 10.2. The molecule has 27 heavy (non-hydrogen) atoms. The summed E-state index contributed by atoms with van der Waals surface area (Å²) in [4.78, 5) is 14.2. The first-order valence-corrected chi connectivity index (χ1v) is 10.3. The lowest BCUT2D eigenvalue weighted by Crippen LogP contribution is -2.50. The quantitative estimate of drug-likeness (QED) is 0.805. The molecule has 0 radical (unpaired) electrons. The van der Waals surface area contributed by atoms with Gasteiger partial charge in [-0.2, -0.15) is 4.31 Å². The van der Waals surface area contributed by atoms with Gasteiger partial charge in [0.15, 0.2) is 5.82 Å². The molecule has 8 nitrogen and oxygen atoms in total. The van der Waals surface area contributed by atoms with Gasteiger partial charge in [0, 0.05) is 37.3 Å². The molecule has 0 bridgehead atoms. The van der Waals surface area contributed by atoms with Crippen LogP contribution in [0.4, 0.5) is 5.82 Å². The molecule has 3 rings (SSSR count). The minimum atomic E-state index is -3.61. The molecule has 1 aliphatic heterocycles. The van der Waals surface area contributed by atoms with Crippen molar-refractivity contribution >= 4 is 33.3 Å². The largest absolute Gasteiger partial charge is 0.360 e. The Balaban J connectivity index is 1.58. The molecule has 1 aromatic heterocycles. The molecule has 0 atom stereocenters. The van der Waals surface area contributed by atoms with E-state index in [2.05, 4.69) is 10.5 Å².